The second kappa shape index (κ2) is 5.47. The highest BCUT2D eigenvalue weighted by molar-refractivity contribution is 5.83. The minimum atomic E-state index is 0.105. The van der Waals surface area contributed by atoms with Crippen molar-refractivity contribution in [3.05, 3.63) is 0 Å². The van der Waals surface area contributed by atoms with Crippen LogP contribution in [0.25, 0.3) is 0 Å². The maximum absolute atomic E-state index is 11.9. The molecular formula is C11H20O3. The molecule has 1 saturated heterocycles. The largest absolute Gasteiger partial charge is 0.385 e. The number of ether oxygens (including phenoxy) is 2. The summed E-state index contributed by atoms with van der Waals surface area (Å²) in [4.78, 5) is 11.9. The van der Waals surface area contributed by atoms with E-state index in [0.29, 0.717) is 19.0 Å². The minimum absolute atomic E-state index is 0.105. The van der Waals surface area contributed by atoms with Crippen LogP contribution in [0.15, 0.2) is 0 Å². The molecule has 0 aromatic carbocycles. The molecule has 3 nitrogen and oxygen atoms in total. The Bertz CT molecular complexity index is 191. The summed E-state index contributed by atoms with van der Waals surface area (Å²) >= 11 is 0. The third-order valence-electron chi connectivity index (χ3n) is 2.84. The summed E-state index contributed by atoms with van der Waals surface area (Å²) in [6.45, 7) is 5.27. The van der Waals surface area contributed by atoms with Gasteiger partial charge < -0.3 is 9.47 Å². The van der Waals surface area contributed by atoms with E-state index in [1.54, 1.807) is 7.11 Å². The third-order valence-corrected chi connectivity index (χ3v) is 2.84. The lowest BCUT2D eigenvalue weighted by Crippen LogP contribution is -2.23. The van der Waals surface area contributed by atoms with Gasteiger partial charge in [-0.15, -0.1) is 0 Å². The summed E-state index contributed by atoms with van der Waals surface area (Å²) in [5, 5.41) is 0. The van der Waals surface area contributed by atoms with E-state index in [2.05, 4.69) is 0 Å². The zero-order valence-corrected chi connectivity index (χ0v) is 9.29. The first kappa shape index (κ1) is 11.7. The van der Waals surface area contributed by atoms with Gasteiger partial charge in [0.2, 0.25) is 0 Å². The molecule has 0 N–H and O–H groups in total. The van der Waals surface area contributed by atoms with Gasteiger partial charge >= 0.3 is 0 Å². The van der Waals surface area contributed by atoms with Crippen molar-refractivity contribution in [2.24, 2.45) is 11.8 Å². The highest BCUT2D eigenvalue weighted by Crippen LogP contribution is 2.23. The average molecular weight is 200 g/mol. The molecule has 0 amide bonds. The van der Waals surface area contributed by atoms with Crippen LogP contribution < -0.4 is 0 Å². The number of carbonyl (C=O) groups excluding carboxylic acids is 1. The van der Waals surface area contributed by atoms with E-state index in [-0.39, 0.29) is 17.9 Å². The van der Waals surface area contributed by atoms with E-state index in [1.807, 2.05) is 13.8 Å². The standard InChI is InChI=1S/C11H20O3/c1-8(4-5-13-3)11(12)10-6-9(2)14-7-10/h8-10H,4-7H2,1-3H3. The van der Waals surface area contributed by atoms with Gasteiger partial charge in [-0.1, -0.05) is 6.92 Å². The lowest BCUT2D eigenvalue weighted by Gasteiger charge is -2.13. The highest BCUT2D eigenvalue weighted by Gasteiger charge is 2.30. The van der Waals surface area contributed by atoms with Crippen molar-refractivity contribution in [1.82, 2.24) is 0 Å². The lowest BCUT2D eigenvalue weighted by atomic mass is 9.90. The predicted molar refractivity (Wildman–Crippen MR) is 54.2 cm³/mol. The Hall–Kier alpha value is -0.410. The summed E-state index contributed by atoms with van der Waals surface area (Å²) in [5.74, 6) is 0.567. The Kier molecular flexibility index (Phi) is 4.55. The molecule has 3 unspecified atom stereocenters. The molecule has 1 rings (SSSR count). The number of rotatable bonds is 5. The molecule has 0 spiro atoms. The number of Topliss-reactive ketones (excluding diaryl/α,β-unsaturated/α-hetero) is 1. The Morgan fingerprint density at radius 1 is 1.64 bits per heavy atom. The van der Waals surface area contributed by atoms with Crippen molar-refractivity contribution in [2.75, 3.05) is 20.3 Å². The normalized spacial score (nSPS) is 29.1. The molecule has 1 heterocycles. The zero-order valence-electron chi connectivity index (χ0n) is 9.29. The van der Waals surface area contributed by atoms with Crippen LogP contribution in [0, 0.1) is 11.8 Å². The maximum Gasteiger partial charge on any atom is 0.141 e. The number of methoxy groups -OCH3 is 1. The van der Waals surface area contributed by atoms with Crippen LogP contribution in [0.3, 0.4) is 0 Å². The van der Waals surface area contributed by atoms with Gasteiger partial charge in [0, 0.05) is 25.6 Å². The molecule has 14 heavy (non-hydrogen) atoms. The van der Waals surface area contributed by atoms with E-state index in [9.17, 15) is 4.79 Å². The van der Waals surface area contributed by atoms with Crippen molar-refractivity contribution in [3.8, 4) is 0 Å². The quantitative estimate of drug-likeness (QED) is 0.677. The molecule has 0 saturated carbocycles. The molecule has 0 bridgehead atoms. The topological polar surface area (TPSA) is 35.5 Å². The summed E-state index contributed by atoms with van der Waals surface area (Å²) in [7, 11) is 1.66. The van der Waals surface area contributed by atoms with Crippen LogP contribution in [-0.4, -0.2) is 32.2 Å². The predicted octanol–water partition coefficient (Wildman–Crippen LogP) is 1.65. The Morgan fingerprint density at radius 2 is 2.36 bits per heavy atom. The monoisotopic (exact) mass is 200 g/mol. The first-order valence-electron chi connectivity index (χ1n) is 5.29. The van der Waals surface area contributed by atoms with Gasteiger partial charge in [0.1, 0.15) is 5.78 Å². The van der Waals surface area contributed by atoms with Crippen LogP contribution in [0.4, 0.5) is 0 Å². The third kappa shape index (κ3) is 3.07. The van der Waals surface area contributed by atoms with Gasteiger partial charge in [-0.05, 0) is 19.8 Å². The van der Waals surface area contributed by atoms with Crippen LogP contribution in [0.1, 0.15) is 26.7 Å². The molecule has 0 aromatic heterocycles. The molecule has 3 atom stereocenters. The molecule has 82 valence electrons. The van der Waals surface area contributed by atoms with Crippen molar-refractivity contribution < 1.29 is 14.3 Å². The van der Waals surface area contributed by atoms with Gasteiger partial charge in [0.15, 0.2) is 0 Å². The van der Waals surface area contributed by atoms with Gasteiger partial charge in [0.05, 0.1) is 12.7 Å². The summed E-state index contributed by atoms with van der Waals surface area (Å²) in [5.41, 5.74) is 0. The second-order valence-electron chi connectivity index (χ2n) is 4.16. The van der Waals surface area contributed by atoms with Crippen molar-refractivity contribution in [1.29, 1.82) is 0 Å². The molecule has 1 aliphatic rings. The lowest BCUT2D eigenvalue weighted by molar-refractivity contribution is -0.126. The molecule has 1 fully saturated rings. The summed E-state index contributed by atoms with van der Waals surface area (Å²) in [6, 6.07) is 0. The highest BCUT2D eigenvalue weighted by atomic mass is 16.5. The Balaban J connectivity index is 2.32. The average Bonchev–Trinajstić information content (AvgIpc) is 2.60. The zero-order chi connectivity index (χ0) is 10.6. The fourth-order valence-electron chi connectivity index (χ4n) is 1.85. The number of ketones is 1. The summed E-state index contributed by atoms with van der Waals surface area (Å²) in [6.07, 6.45) is 1.95. The van der Waals surface area contributed by atoms with Crippen LogP contribution in [0.2, 0.25) is 0 Å². The van der Waals surface area contributed by atoms with E-state index in [1.165, 1.54) is 0 Å². The van der Waals surface area contributed by atoms with Gasteiger partial charge in [-0.2, -0.15) is 0 Å². The number of hydrogen-bond acceptors (Lipinski definition) is 3. The van der Waals surface area contributed by atoms with Gasteiger partial charge in [-0.25, -0.2) is 0 Å². The van der Waals surface area contributed by atoms with Crippen LogP contribution in [0.5, 0.6) is 0 Å². The van der Waals surface area contributed by atoms with E-state index in [4.69, 9.17) is 9.47 Å². The fraction of sp³-hybridized carbons (Fsp3) is 0.909. The van der Waals surface area contributed by atoms with Crippen LogP contribution in [-0.2, 0) is 14.3 Å². The molecule has 0 radical (unpaired) electrons. The maximum atomic E-state index is 11.9. The molecule has 0 aromatic rings. The van der Waals surface area contributed by atoms with E-state index in [0.717, 1.165) is 12.8 Å². The van der Waals surface area contributed by atoms with Crippen LogP contribution >= 0.6 is 0 Å². The second-order valence-corrected chi connectivity index (χ2v) is 4.16. The first-order chi connectivity index (χ1) is 6.65. The summed E-state index contributed by atoms with van der Waals surface area (Å²) < 4.78 is 10.4. The van der Waals surface area contributed by atoms with Gasteiger partial charge in [-0.3, -0.25) is 4.79 Å². The van der Waals surface area contributed by atoms with Crippen molar-refractivity contribution >= 4 is 5.78 Å². The minimum Gasteiger partial charge on any atom is -0.385 e. The van der Waals surface area contributed by atoms with E-state index >= 15 is 0 Å². The number of hydrogen-bond donors (Lipinski definition) is 0. The molecular weight excluding hydrogens is 180 g/mol. The van der Waals surface area contributed by atoms with Crippen molar-refractivity contribution in [2.45, 2.75) is 32.8 Å². The first-order valence-corrected chi connectivity index (χ1v) is 5.29. The molecule has 3 heteroatoms. The smallest absolute Gasteiger partial charge is 0.141 e. The van der Waals surface area contributed by atoms with E-state index < -0.39 is 0 Å². The fourth-order valence-corrected chi connectivity index (χ4v) is 1.85. The molecule has 0 aliphatic carbocycles. The SMILES string of the molecule is COCCC(C)C(=O)C1COC(C)C1. The van der Waals surface area contributed by atoms with Gasteiger partial charge in [0.25, 0.3) is 0 Å². The van der Waals surface area contributed by atoms with Crippen molar-refractivity contribution in [3.63, 3.8) is 0 Å². The Morgan fingerprint density at radius 3 is 2.86 bits per heavy atom. The Labute approximate surface area is 85.8 Å². The number of carbonyl (C=O) groups is 1. The molecule has 1 aliphatic heterocycles.